The Hall–Kier alpha value is -2.64. The van der Waals surface area contributed by atoms with Crippen LogP contribution in [0.25, 0.3) is 0 Å². The molecule has 0 spiro atoms. The first-order valence-electron chi connectivity index (χ1n) is 6.27. The minimum Gasteiger partial charge on any atom is -0.481 e. The summed E-state index contributed by atoms with van der Waals surface area (Å²) < 4.78 is 15.1. The van der Waals surface area contributed by atoms with Gasteiger partial charge < -0.3 is 13.9 Å². The topological polar surface area (TPSA) is 99.4 Å². The number of nitrogens with zero attached hydrogens (tertiary/aromatic N) is 3. The number of carbonyl (C=O) groups is 1. The van der Waals surface area contributed by atoms with Gasteiger partial charge in [0.05, 0.1) is 26.0 Å². The van der Waals surface area contributed by atoms with E-state index in [0.717, 1.165) is 5.69 Å². The van der Waals surface area contributed by atoms with E-state index in [4.69, 9.17) is 13.9 Å². The smallest absolute Gasteiger partial charge is 0.301 e. The molecular weight excluding hydrogens is 276 g/mol. The zero-order valence-corrected chi connectivity index (χ0v) is 12.2. The maximum absolute atomic E-state index is 12.1. The van der Waals surface area contributed by atoms with Gasteiger partial charge in [0.2, 0.25) is 17.6 Å². The van der Waals surface area contributed by atoms with Crippen molar-refractivity contribution in [2.24, 2.45) is 0 Å². The summed E-state index contributed by atoms with van der Waals surface area (Å²) in [6, 6.07) is 1.56. The monoisotopic (exact) mass is 292 g/mol. The second-order valence-corrected chi connectivity index (χ2v) is 4.46. The lowest BCUT2D eigenvalue weighted by atomic mass is 10.2. The third kappa shape index (κ3) is 3.47. The van der Waals surface area contributed by atoms with Crippen LogP contribution in [0.15, 0.2) is 16.7 Å². The van der Waals surface area contributed by atoms with Gasteiger partial charge in [0.1, 0.15) is 6.26 Å². The van der Waals surface area contributed by atoms with E-state index in [1.807, 2.05) is 13.8 Å². The van der Waals surface area contributed by atoms with Crippen LogP contribution in [0, 0.1) is 0 Å². The van der Waals surface area contributed by atoms with Gasteiger partial charge >= 0.3 is 6.01 Å². The highest BCUT2D eigenvalue weighted by Crippen LogP contribution is 2.18. The molecule has 8 heteroatoms. The molecule has 0 aliphatic rings. The molecule has 2 aromatic rings. The normalized spacial score (nSPS) is 10.5. The van der Waals surface area contributed by atoms with E-state index in [0.29, 0.717) is 0 Å². The first-order chi connectivity index (χ1) is 10.0. The Kier molecular flexibility index (Phi) is 4.36. The standard InChI is InChI=1S/C13H16N4O4/c1-7(2)8-6-21-13(14-8)17-12(18)11-15-9(19-3)5-10(16-11)20-4/h5-7H,1-4H3,(H,14,17,18). The average molecular weight is 292 g/mol. The number of aromatic nitrogens is 3. The molecule has 2 aromatic heterocycles. The number of amides is 1. The van der Waals surface area contributed by atoms with Crippen molar-refractivity contribution in [3.05, 3.63) is 23.8 Å². The van der Waals surface area contributed by atoms with Crippen molar-refractivity contribution in [1.82, 2.24) is 15.0 Å². The molecule has 1 amide bonds. The lowest BCUT2D eigenvalue weighted by Gasteiger charge is -2.05. The minimum atomic E-state index is -0.565. The van der Waals surface area contributed by atoms with E-state index >= 15 is 0 Å². The first kappa shape index (κ1) is 14.8. The number of anilines is 1. The molecule has 0 fully saturated rings. The van der Waals surface area contributed by atoms with E-state index in [1.165, 1.54) is 26.5 Å². The third-order valence-electron chi connectivity index (χ3n) is 2.63. The Morgan fingerprint density at radius 1 is 1.19 bits per heavy atom. The van der Waals surface area contributed by atoms with Crippen LogP contribution in [-0.4, -0.2) is 35.1 Å². The second kappa shape index (κ2) is 6.21. The zero-order chi connectivity index (χ0) is 15.4. The van der Waals surface area contributed by atoms with Gasteiger partial charge in [0, 0.05) is 0 Å². The molecule has 0 aromatic carbocycles. The van der Waals surface area contributed by atoms with Crippen molar-refractivity contribution in [3.8, 4) is 11.8 Å². The van der Waals surface area contributed by atoms with Gasteiger partial charge in [0.15, 0.2) is 0 Å². The van der Waals surface area contributed by atoms with Gasteiger partial charge in [-0.25, -0.2) is 0 Å². The Bertz CT molecular complexity index is 617. The molecule has 0 radical (unpaired) electrons. The molecule has 0 bridgehead atoms. The van der Waals surface area contributed by atoms with Crippen molar-refractivity contribution >= 4 is 11.9 Å². The largest absolute Gasteiger partial charge is 0.481 e. The summed E-state index contributed by atoms with van der Waals surface area (Å²) >= 11 is 0. The van der Waals surface area contributed by atoms with Gasteiger partial charge in [-0.3, -0.25) is 10.1 Å². The van der Waals surface area contributed by atoms with E-state index in [9.17, 15) is 4.79 Å². The molecule has 0 unspecified atom stereocenters. The molecule has 1 N–H and O–H groups in total. The molecular formula is C13H16N4O4. The highest BCUT2D eigenvalue weighted by molar-refractivity contribution is 6.00. The number of carbonyl (C=O) groups excluding carboxylic acids is 1. The SMILES string of the molecule is COc1cc(OC)nc(C(=O)Nc2nc(C(C)C)co2)n1. The molecule has 0 saturated heterocycles. The van der Waals surface area contributed by atoms with Gasteiger partial charge in [-0.1, -0.05) is 13.8 Å². The second-order valence-electron chi connectivity index (χ2n) is 4.46. The number of hydrogen-bond donors (Lipinski definition) is 1. The van der Waals surface area contributed by atoms with Crippen LogP contribution in [0.2, 0.25) is 0 Å². The highest BCUT2D eigenvalue weighted by Gasteiger charge is 2.16. The molecule has 112 valence electrons. The summed E-state index contributed by atoms with van der Waals surface area (Å²) in [6.07, 6.45) is 1.49. The van der Waals surface area contributed by atoms with Gasteiger partial charge in [-0.2, -0.15) is 15.0 Å². The number of hydrogen-bond acceptors (Lipinski definition) is 7. The van der Waals surface area contributed by atoms with Crippen LogP contribution < -0.4 is 14.8 Å². The number of rotatable bonds is 5. The van der Waals surface area contributed by atoms with Gasteiger partial charge in [-0.05, 0) is 5.92 Å². The maximum atomic E-state index is 12.1. The quantitative estimate of drug-likeness (QED) is 0.897. The molecule has 8 nitrogen and oxygen atoms in total. The molecule has 0 aliphatic carbocycles. The van der Waals surface area contributed by atoms with E-state index in [2.05, 4.69) is 20.3 Å². The average Bonchev–Trinajstić information content (AvgIpc) is 2.95. The van der Waals surface area contributed by atoms with Gasteiger partial charge in [-0.15, -0.1) is 0 Å². The summed E-state index contributed by atoms with van der Waals surface area (Å²) in [5.41, 5.74) is 0.745. The van der Waals surface area contributed by atoms with E-state index < -0.39 is 5.91 Å². The third-order valence-corrected chi connectivity index (χ3v) is 2.63. The number of nitrogens with one attached hydrogen (secondary N) is 1. The van der Waals surface area contributed by atoms with Gasteiger partial charge in [0.25, 0.3) is 5.91 Å². The van der Waals surface area contributed by atoms with Crippen LogP contribution in [0.4, 0.5) is 6.01 Å². The molecule has 0 atom stereocenters. The Labute approximate surface area is 121 Å². The Balaban J connectivity index is 2.19. The highest BCUT2D eigenvalue weighted by atomic mass is 16.5. The zero-order valence-electron chi connectivity index (χ0n) is 12.2. The summed E-state index contributed by atoms with van der Waals surface area (Å²) in [5, 5.41) is 2.48. The number of methoxy groups -OCH3 is 2. The van der Waals surface area contributed by atoms with E-state index in [-0.39, 0.29) is 29.5 Å². The number of oxazole rings is 1. The molecule has 21 heavy (non-hydrogen) atoms. The lowest BCUT2D eigenvalue weighted by molar-refractivity contribution is 0.101. The predicted molar refractivity (Wildman–Crippen MR) is 73.7 cm³/mol. The summed E-state index contributed by atoms with van der Waals surface area (Å²) in [7, 11) is 2.87. The van der Waals surface area contributed by atoms with Crippen molar-refractivity contribution in [2.45, 2.75) is 19.8 Å². The fourth-order valence-corrected chi connectivity index (χ4v) is 1.48. The van der Waals surface area contributed by atoms with Crippen molar-refractivity contribution < 1.29 is 18.7 Å². The fourth-order valence-electron chi connectivity index (χ4n) is 1.48. The van der Waals surface area contributed by atoms with Crippen LogP contribution >= 0.6 is 0 Å². The lowest BCUT2D eigenvalue weighted by Crippen LogP contribution is -2.16. The minimum absolute atomic E-state index is 0.0917. The maximum Gasteiger partial charge on any atom is 0.301 e. The molecule has 0 aliphatic heterocycles. The van der Waals surface area contributed by atoms with Crippen LogP contribution in [-0.2, 0) is 0 Å². The molecule has 2 heterocycles. The Morgan fingerprint density at radius 3 is 2.29 bits per heavy atom. The van der Waals surface area contributed by atoms with E-state index in [1.54, 1.807) is 0 Å². The predicted octanol–water partition coefficient (Wildman–Crippen LogP) is 1.86. The van der Waals surface area contributed by atoms with Crippen LogP contribution in [0.1, 0.15) is 36.1 Å². The molecule has 0 saturated carbocycles. The first-order valence-corrected chi connectivity index (χ1v) is 6.27. The fraction of sp³-hybridized carbons (Fsp3) is 0.385. The summed E-state index contributed by atoms with van der Waals surface area (Å²) in [5.74, 6) is -0.0167. The van der Waals surface area contributed by atoms with Crippen molar-refractivity contribution in [3.63, 3.8) is 0 Å². The van der Waals surface area contributed by atoms with Crippen molar-refractivity contribution in [1.29, 1.82) is 0 Å². The summed E-state index contributed by atoms with van der Waals surface area (Å²) in [4.78, 5) is 24.1. The van der Waals surface area contributed by atoms with Crippen LogP contribution in [0.5, 0.6) is 11.8 Å². The van der Waals surface area contributed by atoms with Crippen molar-refractivity contribution in [2.75, 3.05) is 19.5 Å². The number of ether oxygens (including phenoxy) is 2. The van der Waals surface area contributed by atoms with Crippen LogP contribution in [0.3, 0.4) is 0 Å². The summed E-state index contributed by atoms with van der Waals surface area (Å²) in [6.45, 7) is 3.94. The Morgan fingerprint density at radius 2 is 1.81 bits per heavy atom. The molecule has 2 rings (SSSR count).